The van der Waals surface area contributed by atoms with Crippen molar-refractivity contribution in [1.82, 2.24) is 14.5 Å². The predicted octanol–water partition coefficient (Wildman–Crippen LogP) is 1.21. The van der Waals surface area contributed by atoms with Crippen molar-refractivity contribution < 1.29 is 9.53 Å². The second-order valence-corrected chi connectivity index (χ2v) is 3.28. The molecule has 5 heteroatoms. The number of imidazole rings is 1. The number of ether oxygens (including phenoxy) is 1. The fraction of sp³-hybridized carbons (Fsp3) is 0.182. The molecule has 2 aromatic heterocycles. The van der Waals surface area contributed by atoms with Gasteiger partial charge in [-0.3, -0.25) is 4.79 Å². The first-order chi connectivity index (χ1) is 7.79. The van der Waals surface area contributed by atoms with E-state index in [0.717, 1.165) is 5.82 Å². The van der Waals surface area contributed by atoms with E-state index in [1.54, 1.807) is 18.3 Å². The van der Waals surface area contributed by atoms with Gasteiger partial charge in [-0.25, -0.2) is 9.97 Å². The summed E-state index contributed by atoms with van der Waals surface area (Å²) in [6, 6.07) is 3.32. The van der Waals surface area contributed by atoms with Gasteiger partial charge in [-0.1, -0.05) is 0 Å². The monoisotopic (exact) mass is 217 g/mol. The first kappa shape index (κ1) is 10.4. The molecule has 0 bridgehead atoms. The lowest BCUT2D eigenvalue weighted by Gasteiger charge is -2.05. The maximum atomic E-state index is 10.4. The molecule has 82 valence electrons. The number of aromatic nitrogens is 3. The fourth-order valence-electron chi connectivity index (χ4n) is 1.23. The molecule has 0 saturated heterocycles. The van der Waals surface area contributed by atoms with E-state index in [-0.39, 0.29) is 0 Å². The molecule has 0 N–H and O–H groups in total. The van der Waals surface area contributed by atoms with Crippen LogP contribution in [0.15, 0.2) is 30.7 Å². The van der Waals surface area contributed by atoms with Gasteiger partial charge < -0.3 is 9.30 Å². The number of carbonyl (C=O) groups is 1. The molecule has 0 amide bonds. The minimum Gasteiger partial charge on any atom is -0.484 e. The molecule has 16 heavy (non-hydrogen) atoms. The Morgan fingerprint density at radius 2 is 2.31 bits per heavy atom. The summed E-state index contributed by atoms with van der Waals surface area (Å²) >= 11 is 0. The SMILES string of the molecule is Cn1ccnc1COc1ccc(C=O)nc1. The third-order valence-electron chi connectivity index (χ3n) is 2.17. The quantitative estimate of drug-likeness (QED) is 0.722. The largest absolute Gasteiger partial charge is 0.484 e. The summed E-state index contributed by atoms with van der Waals surface area (Å²) < 4.78 is 7.35. The molecule has 0 unspecified atom stereocenters. The molecule has 0 atom stereocenters. The van der Waals surface area contributed by atoms with Crippen LogP contribution in [0.3, 0.4) is 0 Å². The van der Waals surface area contributed by atoms with Crippen LogP contribution in [-0.4, -0.2) is 20.8 Å². The Morgan fingerprint density at radius 1 is 1.44 bits per heavy atom. The molecular weight excluding hydrogens is 206 g/mol. The number of hydrogen-bond donors (Lipinski definition) is 0. The standard InChI is InChI=1S/C11H11N3O2/c1-14-5-4-12-11(14)8-16-10-3-2-9(7-15)13-6-10/h2-7H,8H2,1H3. The number of hydrogen-bond acceptors (Lipinski definition) is 4. The number of rotatable bonds is 4. The van der Waals surface area contributed by atoms with E-state index in [1.165, 1.54) is 6.20 Å². The Kier molecular flexibility index (Phi) is 2.95. The van der Waals surface area contributed by atoms with Crippen molar-refractivity contribution in [3.05, 3.63) is 42.2 Å². The summed E-state index contributed by atoms with van der Waals surface area (Å²) in [6.07, 6.45) is 5.79. The van der Waals surface area contributed by atoms with E-state index in [2.05, 4.69) is 9.97 Å². The van der Waals surface area contributed by atoms with Crippen molar-refractivity contribution in [2.45, 2.75) is 6.61 Å². The average Bonchev–Trinajstić information content (AvgIpc) is 2.73. The van der Waals surface area contributed by atoms with Crippen molar-refractivity contribution in [3.8, 4) is 5.75 Å². The highest BCUT2D eigenvalue weighted by Crippen LogP contribution is 2.10. The zero-order valence-corrected chi connectivity index (χ0v) is 8.83. The maximum Gasteiger partial charge on any atom is 0.168 e. The van der Waals surface area contributed by atoms with E-state index in [4.69, 9.17) is 4.74 Å². The second-order valence-electron chi connectivity index (χ2n) is 3.28. The molecule has 2 aromatic rings. The van der Waals surface area contributed by atoms with Crippen molar-refractivity contribution >= 4 is 6.29 Å². The van der Waals surface area contributed by atoms with Crippen LogP contribution in [-0.2, 0) is 13.7 Å². The van der Waals surface area contributed by atoms with E-state index < -0.39 is 0 Å². The van der Waals surface area contributed by atoms with Gasteiger partial charge in [0, 0.05) is 19.4 Å². The summed E-state index contributed by atoms with van der Waals surface area (Å²) in [5.41, 5.74) is 0.393. The lowest BCUT2D eigenvalue weighted by Crippen LogP contribution is -2.03. The maximum absolute atomic E-state index is 10.4. The van der Waals surface area contributed by atoms with E-state index in [1.807, 2.05) is 17.8 Å². The van der Waals surface area contributed by atoms with E-state index in [0.29, 0.717) is 24.3 Å². The smallest absolute Gasteiger partial charge is 0.168 e. The summed E-state index contributed by atoms with van der Waals surface area (Å²) in [5.74, 6) is 1.45. The Bertz CT molecular complexity index is 476. The van der Waals surface area contributed by atoms with Crippen LogP contribution in [0.5, 0.6) is 5.75 Å². The first-order valence-electron chi connectivity index (χ1n) is 4.80. The van der Waals surface area contributed by atoms with Crippen LogP contribution in [0.1, 0.15) is 16.3 Å². The van der Waals surface area contributed by atoms with Gasteiger partial charge in [-0.2, -0.15) is 0 Å². The number of aryl methyl sites for hydroxylation is 1. The third kappa shape index (κ3) is 2.25. The van der Waals surface area contributed by atoms with Gasteiger partial charge in [-0.05, 0) is 12.1 Å². The number of pyridine rings is 1. The van der Waals surface area contributed by atoms with E-state index in [9.17, 15) is 4.79 Å². The summed E-state index contributed by atoms with van der Waals surface area (Å²) in [7, 11) is 1.90. The van der Waals surface area contributed by atoms with Crippen molar-refractivity contribution in [2.24, 2.45) is 7.05 Å². The molecule has 0 aliphatic carbocycles. The number of carbonyl (C=O) groups excluding carboxylic acids is 1. The average molecular weight is 217 g/mol. The van der Waals surface area contributed by atoms with Crippen LogP contribution >= 0.6 is 0 Å². The molecule has 0 aliphatic rings. The number of aldehydes is 1. The lowest BCUT2D eigenvalue weighted by molar-refractivity contribution is 0.111. The predicted molar refractivity (Wildman–Crippen MR) is 57.2 cm³/mol. The molecular formula is C11H11N3O2. The Balaban J connectivity index is 1.99. The van der Waals surface area contributed by atoms with Crippen LogP contribution in [0, 0.1) is 0 Å². The lowest BCUT2D eigenvalue weighted by atomic mass is 10.4. The highest BCUT2D eigenvalue weighted by atomic mass is 16.5. The molecule has 0 aliphatic heterocycles. The summed E-state index contributed by atoms with van der Waals surface area (Å²) in [4.78, 5) is 18.4. The minimum atomic E-state index is 0.381. The summed E-state index contributed by atoms with van der Waals surface area (Å²) in [5, 5.41) is 0. The van der Waals surface area contributed by atoms with Crippen molar-refractivity contribution in [2.75, 3.05) is 0 Å². The van der Waals surface area contributed by atoms with Crippen LogP contribution in [0.4, 0.5) is 0 Å². The fourth-order valence-corrected chi connectivity index (χ4v) is 1.23. The van der Waals surface area contributed by atoms with Crippen molar-refractivity contribution in [1.29, 1.82) is 0 Å². The zero-order valence-electron chi connectivity index (χ0n) is 8.83. The molecule has 0 fully saturated rings. The second kappa shape index (κ2) is 4.57. The van der Waals surface area contributed by atoms with Gasteiger partial charge in [0.1, 0.15) is 23.9 Å². The molecule has 5 nitrogen and oxygen atoms in total. The van der Waals surface area contributed by atoms with Gasteiger partial charge in [0.2, 0.25) is 0 Å². The Morgan fingerprint density at radius 3 is 2.88 bits per heavy atom. The normalized spacial score (nSPS) is 10.1. The van der Waals surface area contributed by atoms with Gasteiger partial charge in [0.25, 0.3) is 0 Å². The van der Waals surface area contributed by atoms with Gasteiger partial charge in [0.15, 0.2) is 6.29 Å². The zero-order chi connectivity index (χ0) is 11.4. The highest BCUT2D eigenvalue weighted by Gasteiger charge is 2.00. The Hall–Kier alpha value is -2.17. The molecule has 0 radical (unpaired) electrons. The first-order valence-corrected chi connectivity index (χ1v) is 4.80. The van der Waals surface area contributed by atoms with Gasteiger partial charge in [0.05, 0.1) is 6.20 Å². The van der Waals surface area contributed by atoms with Crippen LogP contribution in [0.2, 0.25) is 0 Å². The third-order valence-corrected chi connectivity index (χ3v) is 2.17. The van der Waals surface area contributed by atoms with Crippen LogP contribution < -0.4 is 4.74 Å². The van der Waals surface area contributed by atoms with E-state index >= 15 is 0 Å². The molecule has 0 saturated carbocycles. The van der Waals surface area contributed by atoms with Crippen LogP contribution in [0.25, 0.3) is 0 Å². The van der Waals surface area contributed by atoms with Crippen molar-refractivity contribution in [3.63, 3.8) is 0 Å². The highest BCUT2D eigenvalue weighted by molar-refractivity contribution is 5.71. The molecule has 2 rings (SSSR count). The van der Waals surface area contributed by atoms with Gasteiger partial charge >= 0.3 is 0 Å². The molecule has 0 spiro atoms. The number of nitrogens with zero attached hydrogens (tertiary/aromatic N) is 3. The molecule has 0 aromatic carbocycles. The Labute approximate surface area is 92.7 Å². The minimum absolute atomic E-state index is 0.381. The van der Waals surface area contributed by atoms with Gasteiger partial charge in [-0.15, -0.1) is 0 Å². The topological polar surface area (TPSA) is 57.0 Å². The summed E-state index contributed by atoms with van der Waals surface area (Å²) in [6.45, 7) is 0.381. The molecule has 2 heterocycles.